The van der Waals surface area contributed by atoms with Gasteiger partial charge in [-0.3, -0.25) is 0 Å². The molecule has 0 heterocycles. The molecule has 0 aromatic carbocycles. The molecule has 0 saturated carbocycles. The summed E-state index contributed by atoms with van der Waals surface area (Å²) in [6.45, 7) is 0. The van der Waals surface area contributed by atoms with E-state index in [4.69, 9.17) is 0 Å². The fourth-order valence-electron chi connectivity index (χ4n) is 0. The fraction of sp³-hybridized carbons (Fsp3) is 1.00. The van der Waals surface area contributed by atoms with Crippen LogP contribution in [0.4, 0.5) is 0 Å². The van der Waals surface area contributed by atoms with Gasteiger partial charge in [0, 0.05) is 19.5 Å². The molecule has 1 nitrogen and oxygen atoms in total. The second kappa shape index (κ2) is 32.5. The smallest absolute Gasteiger partial charge is 2.00 e. The van der Waals surface area contributed by atoms with Crippen molar-refractivity contribution >= 4 is 0 Å². The molecule has 1 radical (unpaired) electrons. The van der Waals surface area contributed by atoms with Gasteiger partial charge in [-0.15, -0.1) is 0 Å². The molecule has 0 unspecified atom stereocenters. The van der Waals surface area contributed by atoms with E-state index in [2.05, 4.69) is 0 Å². The summed E-state index contributed by atoms with van der Waals surface area (Å²) in [5, 5.41) is 0. The number of hydrogen-bond acceptors (Lipinski definition) is 0. The van der Waals surface area contributed by atoms with Gasteiger partial charge in [0.1, 0.15) is 0 Å². The maximum absolute atomic E-state index is 0. The number of rotatable bonds is 0. The summed E-state index contributed by atoms with van der Waals surface area (Å²) < 4.78 is 0. The summed E-state index contributed by atoms with van der Waals surface area (Å²) in [6.07, 6.45) is 0. The van der Waals surface area contributed by atoms with E-state index in [-0.39, 0.29) is 49.4 Å². The molecule has 0 aliphatic heterocycles. The van der Waals surface area contributed by atoms with Crippen molar-refractivity contribution in [3.63, 3.8) is 0 Å². The first-order valence-electron chi connectivity index (χ1n) is 0. The third-order valence-corrected chi connectivity index (χ3v) is 0. The molecule has 0 aliphatic carbocycles. The average Bonchev–Trinajstić information content (AvgIpc) is 0. The van der Waals surface area contributed by atoms with E-state index >= 15 is 0 Å². The standard InChI is InChI=1S/CH4.Mn.O.Zn/h1H4;;;/q;+2;-2;. The molecule has 23 valence electrons. The zero-order chi connectivity index (χ0) is 0. The Hall–Kier alpha value is 1.10. The van der Waals surface area contributed by atoms with Crippen molar-refractivity contribution in [2.24, 2.45) is 0 Å². The third kappa shape index (κ3) is 11.3. The van der Waals surface area contributed by atoms with Crippen LogP contribution in [0.5, 0.6) is 0 Å². The van der Waals surface area contributed by atoms with Crippen molar-refractivity contribution in [2.45, 2.75) is 7.43 Å². The quantitative estimate of drug-likeness (QED) is 0.453. The monoisotopic (exact) mass is 151 g/mol. The average molecular weight is 152 g/mol. The Kier molecular flexibility index (Phi) is 573. The summed E-state index contributed by atoms with van der Waals surface area (Å²) >= 11 is 0. The summed E-state index contributed by atoms with van der Waals surface area (Å²) in [4.78, 5) is 0. The second-order valence-corrected chi connectivity index (χ2v) is 0. The van der Waals surface area contributed by atoms with Gasteiger partial charge < -0.3 is 5.48 Å². The normalized spacial score (nSPS) is 0. The molecular weight excluding hydrogens is 148 g/mol. The van der Waals surface area contributed by atoms with E-state index in [0.29, 0.717) is 0 Å². The summed E-state index contributed by atoms with van der Waals surface area (Å²) in [6, 6.07) is 0. The SMILES string of the molecule is C.[Mn+2].[O-2].[Zn]. The molecule has 0 spiro atoms. The largest absolute Gasteiger partial charge is 2.00 e. The maximum atomic E-state index is 0. The third-order valence-electron chi connectivity index (χ3n) is 0. The Bertz CT molecular complexity index is 8.00. The molecule has 0 saturated heterocycles. The first kappa shape index (κ1) is 70.6. The predicted molar refractivity (Wildman–Crippen MR) is 7.42 cm³/mol. The molecule has 0 amide bonds. The second-order valence-electron chi connectivity index (χ2n) is 0. The molecule has 0 aromatic heterocycles. The van der Waals surface area contributed by atoms with Crippen molar-refractivity contribution in [3.05, 3.63) is 0 Å². The fourth-order valence-corrected chi connectivity index (χ4v) is 0. The van der Waals surface area contributed by atoms with E-state index in [9.17, 15) is 0 Å². The van der Waals surface area contributed by atoms with E-state index in [0.717, 1.165) is 0 Å². The first-order valence-corrected chi connectivity index (χ1v) is 0. The minimum Gasteiger partial charge on any atom is -2.00 e. The minimum atomic E-state index is 0. The molecule has 0 rings (SSSR count). The molecule has 4 heavy (non-hydrogen) atoms. The summed E-state index contributed by atoms with van der Waals surface area (Å²) in [7, 11) is 0. The van der Waals surface area contributed by atoms with Crippen LogP contribution in [-0.2, 0) is 42.0 Å². The zero-order valence-electron chi connectivity index (χ0n) is 1.49. The van der Waals surface area contributed by atoms with Crippen LogP contribution in [0.1, 0.15) is 7.43 Å². The van der Waals surface area contributed by atoms with Crippen molar-refractivity contribution in [1.82, 2.24) is 0 Å². The Morgan fingerprint density at radius 2 is 1.00 bits per heavy atom. The zero-order valence-corrected chi connectivity index (χ0v) is 5.64. The van der Waals surface area contributed by atoms with Gasteiger partial charge in [0.15, 0.2) is 0 Å². The van der Waals surface area contributed by atoms with Crippen molar-refractivity contribution in [1.29, 1.82) is 0 Å². The van der Waals surface area contributed by atoms with Gasteiger partial charge in [0.05, 0.1) is 0 Å². The molecule has 0 atom stereocenters. The molecule has 3 heteroatoms. The first-order chi connectivity index (χ1) is 0. The van der Waals surface area contributed by atoms with E-state index in [1.54, 1.807) is 0 Å². The van der Waals surface area contributed by atoms with E-state index in [1.165, 1.54) is 0 Å². The predicted octanol–water partition coefficient (Wildman–Crippen LogP) is 0.512. The minimum absolute atomic E-state index is 0. The number of hydrogen-bond donors (Lipinski definition) is 0. The maximum Gasteiger partial charge on any atom is 2.00 e. The van der Waals surface area contributed by atoms with Crippen LogP contribution < -0.4 is 0 Å². The van der Waals surface area contributed by atoms with Crippen molar-refractivity contribution in [2.75, 3.05) is 0 Å². The van der Waals surface area contributed by atoms with E-state index < -0.39 is 0 Å². The molecule has 0 aromatic rings. The Balaban J connectivity index is 0. The summed E-state index contributed by atoms with van der Waals surface area (Å²) in [5.41, 5.74) is 0. The van der Waals surface area contributed by atoms with Crippen LogP contribution in [0.2, 0.25) is 0 Å². The van der Waals surface area contributed by atoms with Gasteiger partial charge in [-0.05, 0) is 0 Å². The van der Waals surface area contributed by atoms with Crippen LogP contribution in [-0.4, -0.2) is 0 Å². The van der Waals surface area contributed by atoms with Crippen LogP contribution in [0, 0.1) is 0 Å². The van der Waals surface area contributed by atoms with Crippen LogP contribution in [0.3, 0.4) is 0 Å². The Labute approximate surface area is 49.7 Å². The van der Waals surface area contributed by atoms with Crippen LogP contribution in [0.25, 0.3) is 0 Å². The van der Waals surface area contributed by atoms with Gasteiger partial charge in [-0.1, -0.05) is 7.43 Å². The Morgan fingerprint density at radius 1 is 1.00 bits per heavy atom. The van der Waals surface area contributed by atoms with Gasteiger partial charge >= 0.3 is 17.1 Å². The molecule has 0 N–H and O–H groups in total. The van der Waals surface area contributed by atoms with Gasteiger partial charge in [0.2, 0.25) is 0 Å². The summed E-state index contributed by atoms with van der Waals surface area (Å²) in [5.74, 6) is 0. The molecule has 0 bridgehead atoms. The van der Waals surface area contributed by atoms with Crippen molar-refractivity contribution < 1.29 is 42.0 Å². The van der Waals surface area contributed by atoms with Gasteiger partial charge in [0.25, 0.3) is 0 Å². The van der Waals surface area contributed by atoms with Gasteiger partial charge in [-0.2, -0.15) is 0 Å². The van der Waals surface area contributed by atoms with Crippen molar-refractivity contribution in [3.8, 4) is 0 Å². The molecule has 0 aliphatic rings. The Morgan fingerprint density at radius 3 is 1.00 bits per heavy atom. The van der Waals surface area contributed by atoms with Crippen LogP contribution >= 0.6 is 0 Å². The van der Waals surface area contributed by atoms with Crippen LogP contribution in [0.15, 0.2) is 0 Å². The topological polar surface area (TPSA) is 28.5 Å². The molecule has 0 fully saturated rings. The van der Waals surface area contributed by atoms with Gasteiger partial charge in [-0.25, -0.2) is 0 Å². The molecular formula is CH4MnOZn. The van der Waals surface area contributed by atoms with E-state index in [1.807, 2.05) is 0 Å².